The third-order valence-corrected chi connectivity index (χ3v) is 2.41. The SMILES string of the molecule is CC.CC1=NC2=C(C=C=C1)CCN(C)C2. The van der Waals surface area contributed by atoms with Crippen LogP contribution in [0.15, 0.2) is 34.1 Å². The Morgan fingerprint density at radius 2 is 2.07 bits per heavy atom. The van der Waals surface area contributed by atoms with Crippen molar-refractivity contribution in [3.05, 3.63) is 29.2 Å². The van der Waals surface area contributed by atoms with E-state index in [1.54, 1.807) is 0 Å². The topological polar surface area (TPSA) is 15.6 Å². The van der Waals surface area contributed by atoms with Crippen molar-refractivity contribution in [1.82, 2.24) is 4.90 Å². The highest BCUT2D eigenvalue weighted by Gasteiger charge is 2.14. The summed E-state index contributed by atoms with van der Waals surface area (Å²) in [5.41, 5.74) is 6.77. The number of rotatable bonds is 0. The Labute approximate surface area is 92.7 Å². The summed E-state index contributed by atoms with van der Waals surface area (Å²) in [7, 11) is 2.14. The molecule has 0 aromatic heterocycles. The van der Waals surface area contributed by atoms with Crippen LogP contribution in [0.25, 0.3) is 0 Å². The normalized spacial score (nSPS) is 20.1. The Hall–Kier alpha value is -1.11. The molecular weight excluding hydrogens is 184 g/mol. The molecule has 2 nitrogen and oxygen atoms in total. The van der Waals surface area contributed by atoms with Gasteiger partial charge in [-0.1, -0.05) is 13.8 Å². The van der Waals surface area contributed by atoms with Gasteiger partial charge in [-0.2, -0.15) is 0 Å². The third kappa shape index (κ3) is 3.19. The van der Waals surface area contributed by atoms with Crippen LogP contribution in [0.4, 0.5) is 0 Å². The van der Waals surface area contributed by atoms with Gasteiger partial charge in [-0.15, -0.1) is 5.73 Å². The summed E-state index contributed by atoms with van der Waals surface area (Å²) in [6.45, 7) is 8.12. The zero-order valence-corrected chi connectivity index (χ0v) is 10.2. The highest BCUT2D eigenvalue weighted by Crippen LogP contribution is 2.20. The number of allylic oxidation sites excluding steroid dienone is 1. The Balaban J connectivity index is 0.000000531. The van der Waals surface area contributed by atoms with Crippen molar-refractivity contribution in [2.75, 3.05) is 20.1 Å². The Bertz CT molecular complexity index is 342. The van der Waals surface area contributed by atoms with E-state index in [1.807, 2.05) is 26.8 Å². The maximum atomic E-state index is 4.55. The molecule has 2 heteroatoms. The molecule has 0 saturated carbocycles. The van der Waals surface area contributed by atoms with Gasteiger partial charge < -0.3 is 4.90 Å². The fourth-order valence-corrected chi connectivity index (χ4v) is 1.66. The fourth-order valence-electron chi connectivity index (χ4n) is 1.66. The summed E-state index contributed by atoms with van der Waals surface area (Å²) in [6.07, 6.45) is 5.12. The van der Waals surface area contributed by atoms with Crippen LogP contribution in [-0.2, 0) is 0 Å². The number of likely N-dealkylation sites (N-methyl/N-ethyl adjacent to an activating group) is 1. The van der Waals surface area contributed by atoms with Gasteiger partial charge in [0.2, 0.25) is 0 Å². The van der Waals surface area contributed by atoms with Crippen LogP contribution in [-0.4, -0.2) is 30.7 Å². The molecule has 0 aromatic carbocycles. The van der Waals surface area contributed by atoms with Gasteiger partial charge >= 0.3 is 0 Å². The molecule has 0 spiro atoms. The Morgan fingerprint density at radius 1 is 1.33 bits per heavy atom. The van der Waals surface area contributed by atoms with E-state index >= 15 is 0 Å². The van der Waals surface area contributed by atoms with E-state index < -0.39 is 0 Å². The number of nitrogens with zero attached hydrogens (tertiary/aromatic N) is 2. The molecule has 0 aromatic rings. The van der Waals surface area contributed by atoms with Crippen molar-refractivity contribution in [3.63, 3.8) is 0 Å². The molecule has 0 N–H and O–H groups in total. The second-order valence-corrected chi connectivity index (χ2v) is 3.67. The van der Waals surface area contributed by atoms with Gasteiger partial charge in [-0.05, 0) is 32.0 Å². The van der Waals surface area contributed by atoms with Crippen molar-refractivity contribution < 1.29 is 0 Å². The van der Waals surface area contributed by atoms with Crippen molar-refractivity contribution in [2.45, 2.75) is 27.2 Å². The first-order chi connectivity index (χ1) is 7.25. The Morgan fingerprint density at radius 3 is 2.80 bits per heavy atom. The van der Waals surface area contributed by atoms with Gasteiger partial charge in [0, 0.05) is 24.9 Å². The van der Waals surface area contributed by atoms with E-state index in [-0.39, 0.29) is 0 Å². The molecule has 0 atom stereocenters. The lowest BCUT2D eigenvalue weighted by Crippen LogP contribution is -2.27. The van der Waals surface area contributed by atoms with E-state index in [0.717, 1.165) is 25.2 Å². The predicted molar refractivity (Wildman–Crippen MR) is 66.3 cm³/mol. The summed E-state index contributed by atoms with van der Waals surface area (Å²) in [5.74, 6) is 0. The Kier molecular flexibility index (Phi) is 4.54. The molecule has 0 aliphatic carbocycles. The lowest BCUT2D eigenvalue weighted by molar-refractivity contribution is 0.349. The lowest BCUT2D eigenvalue weighted by atomic mass is 10.1. The summed E-state index contributed by atoms with van der Waals surface area (Å²) >= 11 is 0. The smallest absolute Gasteiger partial charge is 0.0585 e. The minimum Gasteiger partial charge on any atom is -0.300 e. The minimum absolute atomic E-state index is 0.971. The van der Waals surface area contributed by atoms with Gasteiger partial charge in [-0.3, -0.25) is 4.99 Å². The number of hydrogen-bond donors (Lipinski definition) is 0. The average Bonchev–Trinajstić information content (AvgIpc) is 2.41. The molecule has 15 heavy (non-hydrogen) atoms. The molecule has 82 valence electrons. The molecule has 2 heterocycles. The largest absolute Gasteiger partial charge is 0.300 e. The molecule has 0 radical (unpaired) electrons. The van der Waals surface area contributed by atoms with Crippen LogP contribution in [0, 0.1) is 0 Å². The van der Waals surface area contributed by atoms with E-state index in [1.165, 1.54) is 11.3 Å². The molecule has 2 aliphatic heterocycles. The standard InChI is InChI=1S/C11H14N2.C2H6/c1-9-4-3-5-10-6-7-13(2)8-11(10)12-9;1-2/h4-5H,6-8H2,1-2H3;1-2H3. The predicted octanol–water partition coefficient (Wildman–Crippen LogP) is 2.79. The summed E-state index contributed by atoms with van der Waals surface area (Å²) < 4.78 is 0. The average molecular weight is 204 g/mol. The molecule has 0 fully saturated rings. The van der Waals surface area contributed by atoms with Gasteiger partial charge in [0.05, 0.1) is 5.70 Å². The van der Waals surface area contributed by atoms with Crippen LogP contribution in [0.5, 0.6) is 0 Å². The van der Waals surface area contributed by atoms with E-state index in [0.29, 0.717) is 0 Å². The van der Waals surface area contributed by atoms with Crippen LogP contribution in [0.2, 0.25) is 0 Å². The van der Waals surface area contributed by atoms with Crippen LogP contribution in [0.3, 0.4) is 0 Å². The van der Waals surface area contributed by atoms with Crippen molar-refractivity contribution in [3.8, 4) is 0 Å². The molecule has 2 rings (SSSR count). The first-order valence-corrected chi connectivity index (χ1v) is 5.64. The second-order valence-electron chi connectivity index (χ2n) is 3.67. The highest BCUT2D eigenvalue weighted by molar-refractivity contribution is 5.93. The van der Waals surface area contributed by atoms with Crippen LogP contribution >= 0.6 is 0 Å². The van der Waals surface area contributed by atoms with Crippen molar-refractivity contribution in [2.24, 2.45) is 4.99 Å². The van der Waals surface area contributed by atoms with Crippen LogP contribution in [0.1, 0.15) is 27.2 Å². The third-order valence-electron chi connectivity index (χ3n) is 2.41. The van der Waals surface area contributed by atoms with Crippen molar-refractivity contribution >= 4 is 5.71 Å². The maximum Gasteiger partial charge on any atom is 0.0585 e. The molecule has 0 amide bonds. The zero-order chi connectivity index (χ0) is 11.3. The monoisotopic (exact) mass is 204 g/mol. The zero-order valence-electron chi connectivity index (χ0n) is 10.2. The summed E-state index contributed by atoms with van der Waals surface area (Å²) in [6, 6.07) is 0. The van der Waals surface area contributed by atoms with Crippen LogP contribution < -0.4 is 0 Å². The van der Waals surface area contributed by atoms with E-state index in [9.17, 15) is 0 Å². The fraction of sp³-hybridized carbons (Fsp3) is 0.538. The van der Waals surface area contributed by atoms with Gasteiger partial charge in [0.1, 0.15) is 0 Å². The second kappa shape index (κ2) is 5.69. The van der Waals surface area contributed by atoms with Gasteiger partial charge in [0.15, 0.2) is 0 Å². The molecule has 0 saturated heterocycles. The maximum absolute atomic E-state index is 4.55. The molecule has 0 unspecified atom stereocenters. The highest BCUT2D eigenvalue weighted by atomic mass is 15.1. The van der Waals surface area contributed by atoms with E-state index in [4.69, 9.17) is 0 Å². The van der Waals surface area contributed by atoms with Gasteiger partial charge in [-0.25, -0.2) is 0 Å². The molecule has 2 aliphatic rings. The number of hydrogen-bond acceptors (Lipinski definition) is 2. The summed E-state index contributed by atoms with van der Waals surface area (Å²) in [4.78, 5) is 6.85. The summed E-state index contributed by atoms with van der Waals surface area (Å²) in [5, 5.41) is 0. The first-order valence-electron chi connectivity index (χ1n) is 5.64. The van der Waals surface area contributed by atoms with E-state index in [2.05, 4.69) is 28.7 Å². The molecular formula is C13H20N2. The minimum atomic E-state index is 0.971. The van der Waals surface area contributed by atoms with Crippen molar-refractivity contribution in [1.29, 1.82) is 0 Å². The molecule has 0 bridgehead atoms. The lowest BCUT2D eigenvalue weighted by Gasteiger charge is -2.23. The number of aliphatic imine (C=N–C) groups is 1. The first kappa shape index (κ1) is 12.0. The van der Waals surface area contributed by atoms with Gasteiger partial charge in [0.25, 0.3) is 0 Å². The quantitative estimate of drug-likeness (QED) is 0.554.